The van der Waals surface area contributed by atoms with E-state index in [-0.39, 0.29) is 5.69 Å². The minimum Gasteiger partial charge on any atom is -0.497 e. The van der Waals surface area contributed by atoms with Crippen LogP contribution in [0.2, 0.25) is 0 Å². The van der Waals surface area contributed by atoms with Gasteiger partial charge in [-0.3, -0.25) is 10.1 Å². The van der Waals surface area contributed by atoms with E-state index in [0.717, 1.165) is 11.3 Å². The van der Waals surface area contributed by atoms with Gasteiger partial charge in [0.05, 0.1) is 17.7 Å². The lowest BCUT2D eigenvalue weighted by Crippen LogP contribution is -2.45. The molecule has 0 radical (unpaired) electrons. The molecule has 0 spiro atoms. The molecule has 124 valence electrons. The lowest BCUT2D eigenvalue weighted by atomic mass is 10.0. The second-order valence-electron chi connectivity index (χ2n) is 5.51. The number of anilines is 1. The van der Waals surface area contributed by atoms with Crippen LogP contribution < -0.4 is 20.5 Å². The fourth-order valence-corrected chi connectivity index (χ4v) is 2.90. The largest absolute Gasteiger partial charge is 0.497 e. The van der Waals surface area contributed by atoms with E-state index in [1.54, 1.807) is 24.3 Å². The van der Waals surface area contributed by atoms with E-state index in [1.807, 2.05) is 31.2 Å². The van der Waals surface area contributed by atoms with Crippen molar-refractivity contribution in [2.24, 2.45) is 0 Å². The maximum atomic E-state index is 10.8. The van der Waals surface area contributed by atoms with Crippen LogP contribution >= 0.6 is 12.2 Å². The average Bonchev–Trinajstić information content (AvgIpc) is 2.91. The number of ether oxygens (including phenoxy) is 1. The third-order valence-electron chi connectivity index (χ3n) is 3.86. The van der Waals surface area contributed by atoms with Crippen LogP contribution in [0.15, 0.2) is 48.5 Å². The molecular formula is C16H16N4O3S. The van der Waals surface area contributed by atoms with E-state index in [9.17, 15) is 10.1 Å². The first kappa shape index (κ1) is 16.2. The van der Waals surface area contributed by atoms with Gasteiger partial charge in [0.2, 0.25) is 0 Å². The predicted octanol–water partition coefficient (Wildman–Crippen LogP) is 2.68. The maximum absolute atomic E-state index is 10.8. The molecule has 0 unspecified atom stereocenters. The SMILES string of the molecule is COc1cccc([C@]2(C)NC(=S)N(c3ccc([N+](=O)[O-])cc3)N2)c1. The first-order valence-electron chi connectivity index (χ1n) is 7.22. The number of methoxy groups -OCH3 is 1. The summed E-state index contributed by atoms with van der Waals surface area (Å²) in [6, 6.07) is 13.8. The highest BCUT2D eigenvalue weighted by Gasteiger charge is 2.38. The van der Waals surface area contributed by atoms with Crippen LogP contribution in [0, 0.1) is 10.1 Å². The molecule has 3 rings (SSSR count). The van der Waals surface area contributed by atoms with E-state index in [1.165, 1.54) is 12.1 Å². The number of nitrogens with one attached hydrogen (secondary N) is 2. The normalized spacial score (nSPS) is 19.9. The molecule has 0 amide bonds. The summed E-state index contributed by atoms with van der Waals surface area (Å²) >= 11 is 5.40. The highest BCUT2D eigenvalue weighted by molar-refractivity contribution is 7.80. The Morgan fingerprint density at radius 3 is 2.58 bits per heavy atom. The molecule has 0 aliphatic carbocycles. The number of hydrazine groups is 1. The van der Waals surface area contributed by atoms with Crippen molar-refractivity contribution < 1.29 is 9.66 Å². The Bertz CT molecular complexity index is 796. The number of non-ortho nitro benzene ring substituents is 1. The first-order valence-corrected chi connectivity index (χ1v) is 7.63. The third-order valence-corrected chi connectivity index (χ3v) is 4.15. The van der Waals surface area contributed by atoms with Crippen molar-refractivity contribution in [1.29, 1.82) is 0 Å². The highest BCUT2D eigenvalue weighted by atomic mass is 32.1. The monoisotopic (exact) mass is 344 g/mol. The number of benzene rings is 2. The number of rotatable bonds is 4. The molecule has 1 aliphatic heterocycles. The van der Waals surface area contributed by atoms with Gasteiger partial charge in [-0.2, -0.15) is 5.43 Å². The second kappa shape index (κ2) is 6.06. The Labute approximate surface area is 144 Å². The fraction of sp³-hybridized carbons (Fsp3) is 0.188. The summed E-state index contributed by atoms with van der Waals surface area (Å²) in [6.07, 6.45) is 0. The molecular weight excluding hydrogens is 328 g/mol. The summed E-state index contributed by atoms with van der Waals surface area (Å²) in [5.74, 6) is 0.747. The Hall–Kier alpha value is -2.71. The highest BCUT2D eigenvalue weighted by Crippen LogP contribution is 2.29. The number of hydrogen-bond acceptors (Lipinski definition) is 5. The molecule has 1 aliphatic rings. The van der Waals surface area contributed by atoms with E-state index in [2.05, 4.69) is 10.7 Å². The van der Waals surface area contributed by atoms with Crippen molar-refractivity contribution in [3.05, 3.63) is 64.2 Å². The van der Waals surface area contributed by atoms with Crippen LogP contribution in [0.1, 0.15) is 12.5 Å². The van der Waals surface area contributed by atoms with Crippen LogP contribution in [-0.4, -0.2) is 17.1 Å². The van der Waals surface area contributed by atoms with Crippen molar-refractivity contribution in [2.45, 2.75) is 12.6 Å². The van der Waals surface area contributed by atoms with Gasteiger partial charge >= 0.3 is 0 Å². The molecule has 1 fully saturated rings. The van der Waals surface area contributed by atoms with Gasteiger partial charge in [0.15, 0.2) is 5.11 Å². The van der Waals surface area contributed by atoms with Gasteiger partial charge in [-0.15, -0.1) is 0 Å². The van der Waals surface area contributed by atoms with Crippen LogP contribution in [-0.2, 0) is 5.66 Å². The van der Waals surface area contributed by atoms with Crippen LogP contribution in [0.25, 0.3) is 0 Å². The Balaban J connectivity index is 1.88. The second-order valence-corrected chi connectivity index (χ2v) is 5.89. The van der Waals surface area contributed by atoms with Crippen molar-refractivity contribution in [1.82, 2.24) is 10.7 Å². The molecule has 0 aromatic heterocycles. The van der Waals surface area contributed by atoms with Gasteiger partial charge in [0.1, 0.15) is 11.4 Å². The summed E-state index contributed by atoms with van der Waals surface area (Å²) in [7, 11) is 1.62. The van der Waals surface area contributed by atoms with Gasteiger partial charge in [0.25, 0.3) is 5.69 Å². The average molecular weight is 344 g/mol. The molecule has 2 N–H and O–H groups in total. The Kier molecular flexibility index (Phi) is 4.08. The maximum Gasteiger partial charge on any atom is 0.269 e. The Morgan fingerprint density at radius 1 is 1.25 bits per heavy atom. The molecule has 2 aromatic rings. The van der Waals surface area contributed by atoms with Crippen LogP contribution in [0.4, 0.5) is 11.4 Å². The molecule has 24 heavy (non-hydrogen) atoms. The quantitative estimate of drug-likeness (QED) is 0.501. The van der Waals surface area contributed by atoms with Crippen LogP contribution in [0.5, 0.6) is 5.75 Å². The molecule has 1 heterocycles. The van der Waals surface area contributed by atoms with Crippen molar-refractivity contribution in [3.8, 4) is 5.75 Å². The Morgan fingerprint density at radius 2 is 1.96 bits per heavy atom. The zero-order valence-corrected chi connectivity index (χ0v) is 14.0. The number of nitro groups is 1. The molecule has 1 saturated heterocycles. The molecule has 0 bridgehead atoms. The third kappa shape index (κ3) is 2.89. The van der Waals surface area contributed by atoms with Gasteiger partial charge in [-0.1, -0.05) is 12.1 Å². The number of nitrogens with zero attached hydrogens (tertiary/aromatic N) is 2. The standard InChI is InChI=1S/C16H16N4O3S/c1-16(11-4-3-5-14(10-11)23-2)17-15(24)19(18-16)12-6-8-13(9-7-12)20(21)22/h3-10,18H,1-2H3,(H,17,24)/t16-/m1/s1. The topological polar surface area (TPSA) is 79.7 Å². The lowest BCUT2D eigenvalue weighted by Gasteiger charge is -2.26. The molecule has 7 nitrogen and oxygen atoms in total. The first-order chi connectivity index (χ1) is 11.4. The van der Waals surface area contributed by atoms with Gasteiger partial charge < -0.3 is 10.1 Å². The van der Waals surface area contributed by atoms with E-state index in [0.29, 0.717) is 10.8 Å². The fourth-order valence-electron chi connectivity index (χ4n) is 2.55. The van der Waals surface area contributed by atoms with Gasteiger partial charge in [-0.25, -0.2) is 5.01 Å². The summed E-state index contributed by atoms with van der Waals surface area (Å²) < 4.78 is 5.27. The summed E-state index contributed by atoms with van der Waals surface area (Å²) in [6.45, 7) is 1.96. The van der Waals surface area contributed by atoms with E-state index < -0.39 is 10.6 Å². The molecule has 1 atom stereocenters. The van der Waals surface area contributed by atoms with Crippen LogP contribution in [0.3, 0.4) is 0 Å². The minimum absolute atomic E-state index is 0.0346. The smallest absolute Gasteiger partial charge is 0.269 e. The number of nitro benzene ring substituents is 1. The minimum atomic E-state index is -0.618. The van der Waals surface area contributed by atoms with Crippen molar-refractivity contribution in [3.63, 3.8) is 0 Å². The van der Waals surface area contributed by atoms with Gasteiger partial charge in [0, 0.05) is 12.1 Å². The summed E-state index contributed by atoms with van der Waals surface area (Å²) in [5.41, 5.74) is 4.39. The van der Waals surface area contributed by atoms with E-state index in [4.69, 9.17) is 17.0 Å². The van der Waals surface area contributed by atoms with Crippen molar-refractivity contribution >= 4 is 28.7 Å². The van der Waals surface area contributed by atoms with E-state index >= 15 is 0 Å². The lowest BCUT2D eigenvalue weighted by molar-refractivity contribution is -0.384. The number of hydrogen-bond donors (Lipinski definition) is 2. The predicted molar refractivity (Wildman–Crippen MR) is 94.8 cm³/mol. The molecule has 0 saturated carbocycles. The zero-order valence-electron chi connectivity index (χ0n) is 13.1. The summed E-state index contributed by atoms with van der Waals surface area (Å²) in [4.78, 5) is 10.3. The number of thiocarbonyl (C=S) groups is 1. The molecule has 8 heteroatoms. The molecule has 2 aromatic carbocycles. The van der Waals surface area contributed by atoms with Crippen molar-refractivity contribution in [2.75, 3.05) is 12.1 Å². The summed E-state index contributed by atoms with van der Waals surface area (Å²) in [5, 5.41) is 16.2. The van der Waals surface area contributed by atoms with Gasteiger partial charge in [-0.05, 0) is 49.0 Å². The zero-order chi connectivity index (χ0) is 17.3.